The Morgan fingerprint density at radius 1 is 0.289 bits per heavy atom. The lowest BCUT2D eigenvalue weighted by molar-refractivity contribution is 1.60. The van der Waals surface area contributed by atoms with Crippen LogP contribution in [0.2, 0.25) is 6.55 Å². The average molecular weight is 503 g/mol. The van der Waals surface area contributed by atoms with E-state index in [0.29, 0.717) is 0 Å². The van der Waals surface area contributed by atoms with E-state index in [2.05, 4.69) is 170 Å². The van der Waals surface area contributed by atoms with Gasteiger partial charge in [-0.1, -0.05) is 170 Å². The summed E-state index contributed by atoms with van der Waals surface area (Å²) in [5, 5.41) is 4.29. The first-order valence-electron chi connectivity index (χ1n) is 13.2. The van der Waals surface area contributed by atoms with Crippen LogP contribution in [-0.2, 0) is 0 Å². The minimum atomic E-state index is -2.56. The quantitative estimate of drug-likeness (QED) is 0.161. The molecule has 38 heavy (non-hydrogen) atoms. The van der Waals surface area contributed by atoms with Crippen LogP contribution in [0.25, 0.3) is 33.4 Å². The molecule has 0 bridgehead atoms. The summed E-state index contributed by atoms with van der Waals surface area (Å²) >= 11 is 0. The molecule has 0 spiro atoms. The zero-order valence-electron chi connectivity index (χ0n) is 21.6. The van der Waals surface area contributed by atoms with Gasteiger partial charge in [-0.25, -0.2) is 0 Å². The summed E-state index contributed by atoms with van der Waals surface area (Å²) < 4.78 is 0. The summed E-state index contributed by atoms with van der Waals surface area (Å²) in [6.07, 6.45) is 0. The molecule has 0 radical (unpaired) electrons. The van der Waals surface area contributed by atoms with Crippen molar-refractivity contribution in [3.8, 4) is 33.4 Å². The van der Waals surface area contributed by atoms with Gasteiger partial charge in [0.05, 0.1) is 0 Å². The highest BCUT2D eigenvalue weighted by atomic mass is 28.3. The van der Waals surface area contributed by atoms with Crippen LogP contribution in [0.4, 0.5) is 0 Å². The van der Waals surface area contributed by atoms with E-state index >= 15 is 0 Å². The van der Waals surface area contributed by atoms with Crippen LogP contribution in [0, 0.1) is 0 Å². The molecule has 6 rings (SSSR count). The van der Waals surface area contributed by atoms with Crippen LogP contribution in [0.1, 0.15) is 0 Å². The predicted molar refractivity (Wildman–Crippen MR) is 166 cm³/mol. The van der Waals surface area contributed by atoms with Crippen molar-refractivity contribution in [2.75, 3.05) is 0 Å². The zero-order chi connectivity index (χ0) is 25.8. The molecule has 0 nitrogen and oxygen atoms in total. The summed E-state index contributed by atoms with van der Waals surface area (Å²) in [5.74, 6) is 0. The second-order valence-electron chi connectivity index (χ2n) is 9.86. The minimum Gasteiger partial charge on any atom is -0.0623 e. The molecule has 0 aromatic heterocycles. The molecule has 0 atom stereocenters. The predicted octanol–water partition coefficient (Wildman–Crippen LogP) is 7.79. The summed E-state index contributed by atoms with van der Waals surface area (Å²) in [4.78, 5) is 0. The number of hydrogen-bond acceptors (Lipinski definition) is 0. The summed E-state index contributed by atoms with van der Waals surface area (Å²) in [6, 6.07) is 59.7. The Hall–Kier alpha value is -4.46. The van der Waals surface area contributed by atoms with Gasteiger partial charge >= 0.3 is 0 Å². The molecule has 182 valence electrons. The smallest absolute Gasteiger partial charge is 0.0623 e. The van der Waals surface area contributed by atoms with Crippen LogP contribution >= 0.6 is 0 Å². The van der Waals surface area contributed by atoms with Gasteiger partial charge in [-0.05, 0) is 48.9 Å². The molecule has 0 saturated carbocycles. The highest BCUT2D eigenvalue weighted by molar-refractivity contribution is 7.12. The van der Waals surface area contributed by atoms with Crippen molar-refractivity contribution in [3.63, 3.8) is 0 Å². The second-order valence-corrected chi connectivity index (χ2v) is 13.7. The van der Waals surface area contributed by atoms with Gasteiger partial charge in [-0.3, -0.25) is 0 Å². The Balaban J connectivity index is 1.72. The number of hydrogen-bond donors (Lipinski definition) is 0. The Morgan fingerprint density at radius 2 is 0.526 bits per heavy atom. The second kappa shape index (κ2) is 10.5. The highest BCUT2D eigenvalue weighted by Crippen LogP contribution is 2.27. The largest absolute Gasteiger partial charge is 0.147 e. The maximum Gasteiger partial charge on any atom is 0.147 e. The van der Waals surface area contributed by atoms with Crippen LogP contribution in [-0.4, -0.2) is 8.07 Å². The van der Waals surface area contributed by atoms with Crippen molar-refractivity contribution >= 4 is 23.6 Å². The van der Waals surface area contributed by atoms with Crippen molar-refractivity contribution in [3.05, 3.63) is 164 Å². The van der Waals surface area contributed by atoms with Crippen molar-refractivity contribution in [2.45, 2.75) is 6.55 Å². The lowest BCUT2D eigenvalue weighted by atomic mass is 10.1. The van der Waals surface area contributed by atoms with Gasteiger partial charge in [-0.2, -0.15) is 0 Å². The Morgan fingerprint density at radius 3 is 0.816 bits per heavy atom. The number of benzene rings is 6. The van der Waals surface area contributed by atoms with E-state index in [1.807, 2.05) is 0 Å². The van der Waals surface area contributed by atoms with Gasteiger partial charge < -0.3 is 0 Å². The van der Waals surface area contributed by atoms with Gasteiger partial charge in [0.15, 0.2) is 0 Å². The summed E-state index contributed by atoms with van der Waals surface area (Å²) in [5.41, 5.74) is 7.72. The van der Waals surface area contributed by atoms with E-state index in [1.54, 1.807) is 0 Å². The van der Waals surface area contributed by atoms with Crippen molar-refractivity contribution in [1.29, 1.82) is 0 Å². The average Bonchev–Trinajstić information content (AvgIpc) is 3.02. The van der Waals surface area contributed by atoms with Gasteiger partial charge in [-0.15, -0.1) is 0 Å². The maximum absolute atomic E-state index is 2.56. The molecule has 0 aliphatic heterocycles. The topological polar surface area (TPSA) is 0 Å². The Labute approximate surface area is 226 Å². The number of rotatable bonds is 6. The van der Waals surface area contributed by atoms with E-state index in [4.69, 9.17) is 0 Å². The third-order valence-corrected chi connectivity index (χ3v) is 12.2. The van der Waals surface area contributed by atoms with E-state index in [0.717, 1.165) is 0 Å². The van der Waals surface area contributed by atoms with Crippen LogP contribution in [0.3, 0.4) is 0 Å². The molecular formula is C37H30Si. The standard InChI is InChI=1S/C37H30Si/c1-38(35-26-14-11-23-32(35)29-17-5-2-6-18-29,36-27-15-12-24-33(36)30-19-7-3-8-20-30)37-28-16-13-25-34(37)31-21-9-4-10-22-31/h2-28H,1H3. The van der Waals surface area contributed by atoms with Crippen molar-refractivity contribution < 1.29 is 0 Å². The van der Waals surface area contributed by atoms with Gasteiger partial charge in [0, 0.05) is 0 Å². The van der Waals surface area contributed by atoms with Crippen molar-refractivity contribution in [2.24, 2.45) is 0 Å². The fraction of sp³-hybridized carbons (Fsp3) is 0.0270. The summed E-state index contributed by atoms with van der Waals surface area (Å²) in [6.45, 7) is 2.54. The molecule has 0 aliphatic carbocycles. The van der Waals surface area contributed by atoms with Gasteiger partial charge in [0.1, 0.15) is 8.07 Å². The van der Waals surface area contributed by atoms with Gasteiger partial charge in [0.2, 0.25) is 0 Å². The molecule has 0 fully saturated rings. The highest BCUT2D eigenvalue weighted by Gasteiger charge is 2.39. The Kier molecular flexibility index (Phi) is 6.60. The minimum absolute atomic E-state index is 1.26. The van der Waals surface area contributed by atoms with E-state index in [9.17, 15) is 0 Å². The van der Waals surface area contributed by atoms with E-state index in [-0.39, 0.29) is 0 Å². The first-order valence-corrected chi connectivity index (χ1v) is 15.7. The first kappa shape index (κ1) is 23.9. The Bertz CT molecular complexity index is 1450. The lowest BCUT2D eigenvalue weighted by Crippen LogP contribution is -2.66. The maximum atomic E-state index is 2.54. The molecule has 0 heterocycles. The van der Waals surface area contributed by atoms with Gasteiger partial charge in [0.25, 0.3) is 0 Å². The molecule has 0 N–H and O–H groups in total. The zero-order valence-corrected chi connectivity index (χ0v) is 22.6. The molecule has 1 heteroatoms. The normalized spacial score (nSPS) is 11.3. The molecule has 6 aromatic carbocycles. The molecule has 6 aromatic rings. The summed E-state index contributed by atoms with van der Waals surface area (Å²) in [7, 11) is -2.56. The molecule has 0 unspecified atom stereocenters. The van der Waals surface area contributed by atoms with Crippen LogP contribution < -0.4 is 15.6 Å². The fourth-order valence-corrected chi connectivity index (χ4v) is 10.3. The molecule has 0 amide bonds. The van der Waals surface area contributed by atoms with Crippen LogP contribution in [0.15, 0.2) is 164 Å². The van der Waals surface area contributed by atoms with Crippen molar-refractivity contribution in [1.82, 2.24) is 0 Å². The third kappa shape index (κ3) is 4.32. The van der Waals surface area contributed by atoms with E-state index < -0.39 is 8.07 Å². The van der Waals surface area contributed by atoms with Crippen LogP contribution in [0.5, 0.6) is 0 Å². The fourth-order valence-electron chi connectivity index (χ4n) is 5.80. The monoisotopic (exact) mass is 502 g/mol. The third-order valence-electron chi connectivity index (χ3n) is 7.65. The lowest BCUT2D eigenvalue weighted by Gasteiger charge is -2.35. The molecule has 0 aliphatic rings. The SMILES string of the molecule is C[Si](c1ccccc1-c1ccccc1)(c1ccccc1-c1ccccc1)c1ccccc1-c1ccccc1. The molecular weight excluding hydrogens is 472 g/mol. The molecule has 0 saturated heterocycles. The first-order chi connectivity index (χ1) is 18.8. The van der Waals surface area contributed by atoms with E-state index in [1.165, 1.54) is 48.9 Å².